The largest absolute Gasteiger partial charge is 0.478 e. The third kappa shape index (κ3) is 3.69. The van der Waals surface area contributed by atoms with Gasteiger partial charge in [0.15, 0.2) is 0 Å². The van der Waals surface area contributed by atoms with Gasteiger partial charge in [0.2, 0.25) is 0 Å². The molecule has 3 aromatic carbocycles. The number of benzene rings is 3. The van der Waals surface area contributed by atoms with E-state index in [0.29, 0.717) is 6.42 Å². The monoisotopic (exact) mass is 278 g/mol. The molecule has 0 saturated heterocycles. The van der Waals surface area contributed by atoms with Crippen molar-refractivity contribution in [3.05, 3.63) is 72.8 Å². The van der Waals surface area contributed by atoms with Gasteiger partial charge in [-0.2, -0.15) is 0 Å². The van der Waals surface area contributed by atoms with Crippen molar-refractivity contribution in [2.24, 2.45) is 0 Å². The molecule has 0 aliphatic rings. The van der Waals surface area contributed by atoms with E-state index < -0.39 is 5.97 Å². The molecule has 0 bridgehead atoms. The Morgan fingerprint density at radius 1 is 0.905 bits per heavy atom. The van der Waals surface area contributed by atoms with E-state index in [-0.39, 0.29) is 5.57 Å². The second kappa shape index (κ2) is 6.71. The molecule has 1 N–H and O–H groups in total. The van der Waals surface area contributed by atoms with E-state index >= 15 is 0 Å². The lowest BCUT2D eigenvalue weighted by Crippen LogP contribution is -1.95. The average Bonchev–Trinajstić information content (AvgIpc) is 2.52. The molecule has 0 amide bonds. The van der Waals surface area contributed by atoms with Crippen LogP contribution < -0.4 is 0 Å². The highest BCUT2D eigenvalue weighted by atomic mass is 16.4. The second-order valence-electron chi connectivity index (χ2n) is 4.81. The number of carbonyl (C=O) groups is 1. The van der Waals surface area contributed by atoms with Crippen LogP contribution in [0.3, 0.4) is 0 Å². The molecule has 3 aromatic rings. The first-order valence-electron chi connectivity index (χ1n) is 6.90. The SMILES string of the molecule is C=C(CC)C(=O)O.c1ccc2cc3ccccc3cc2c1. The topological polar surface area (TPSA) is 37.3 Å². The van der Waals surface area contributed by atoms with Gasteiger partial charge in [0, 0.05) is 5.57 Å². The highest BCUT2D eigenvalue weighted by molar-refractivity contribution is 5.98. The number of hydrogen-bond donors (Lipinski definition) is 1. The van der Waals surface area contributed by atoms with Crippen molar-refractivity contribution in [3.8, 4) is 0 Å². The smallest absolute Gasteiger partial charge is 0.330 e. The molecule has 0 spiro atoms. The van der Waals surface area contributed by atoms with Gasteiger partial charge in [-0.3, -0.25) is 0 Å². The summed E-state index contributed by atoms with van der Waals surface area (Å²) in [6.07, 6.45) is 0.523. The number of carboxylic acids is 1. The zero-order chi connectivity index (χ0) is 15.2. The van der Waals surface area contributed by atoms with Gasteiger partial charge in [-0.05, 0) is 40.1 Å². The van der Waals surface area contributed by atoms with E-state index in [2.05, 4.69) is 67.2 Å². The van der Waals surface area contributed by atoms with E-state index in [1.165, 1.54) is 21.5 Å². The Kier molecular flexibility index (Phi) is 4.72. The van der Waals surface area contributed by atoms with Gasteiger partial charge in [-0.25, -0.2) is 4.79 Å². The van der Waals surface area contributed by atoms with Crippen LogP contribution in [0.1, 0.15) is 13.3 Å². The molecule has 0 heterocycles. The molecule has 3 rings (SSSR count). The van der Waals surface area contributed by atoms with Gasteiger partial charge in [-0.15, -0.1) is 0 Å². The van der Waals surface area contributed by atoms with Crippen LogP contribution in [0.5, 0.6) is 0 Å². The highest BCUT2D eigenvalue weighted by Crippen LogP contribution is 2.21. The number of aliphatic carboxylic acids is 1. The Morgan fingerprint density at radius 2 is 1.24 bits per heavy atom. The van der Waals surface area contributed by atoms with Crippen molar-refractivity contribution in [1.82, 2.24) is 0 Å². The molecule has 0 aliphatic carbocycles. The summed E-state index contributed by atoms with van der Waals surface area (Å²) in [6, 6.07) is 21.4. The standard InChI is InChI=1S/C14H10.C5H8O2/c1-2-6-12-10-14-8-4-3-7-13(14)9-11(12)5-1;1-3-4(2)5(6)7/h1-10H;2-3H2,1H3,(H,6,7). The Bertz CT molecular complexity index is 683. The Morgan fingerprint density at radius 3 is 1.43 bits per heavy atom. The van der Waals surface area contributed by atoms with Crippen LogP contribution in [0.4, 0.5) is 0 Å². The minimum absolute atomic E-state index is 0.264. The van der Waals surface area contributed by atoms with Crippen LogP contribution in [-0.2, 0) is 4.79 Å². The molecular weight excluding hydrogens is 260 g/mol. The first-order chi connectivity index (χ1) is 10.1. The molecule has 2 heteroatoms. The zero-order valence-corrected chi connectivity index (χ0v) is 12.0. The van der Waals surface area contributed by atoms with Gasteiger partial charge in [-0.1, -0.05) is 62.0 Å². The van der Waals surface area contributed by atoms with Crippen molar-refractivity contribution in [3.63, 3.8) is 0 Å². The van der Waals surface area contributed by atoms with Crippen molar-refractivity contribution in [2.45, 2.75) is 13.3 Å². The molecule has 0 aromatic heterocycles. The predicted molar refractivity (Wildman–Crippen MR) is 88.5 cm³/mol. The molecule has 0 unspecified atom stereocenters. The van der Waals surface area contributed by atoms with E-state index in [9.17, 15) is 4.79 Å². The Hall–Kier alpha value is -2.61. The molecule has 2 nitrogen and oxygen atoms in total. The molecule has 0 fully saturated rings. The third-order valence-corrected chi connectivity index (χ3v) is 3.34. The minimum atomic E-state index is -0.900. The first-order valence-corrected chi connectivity index (χ1v) is 6.90. The molecule has 0 radical (unpaired) electrons. The van der Waals surface area contributed by atoms with Crippen LogP contribution in [-0.4, -0.2) is 11.1 Å². The third-order valence-electron chi connectivity index (χ3n) is 3.34. The van der Waals surface area contributed by atoms with Crippen LogP contribution in [0.25, 0.3) is 21.5 Å². The van der Waals surface area contributed by atoms with Gasteiger partial charge in [0.25, 0.3) is 0 Å². The van der Waals surface area contributed by atoms with Crippen molar-refractivity contribution in [1.29, 1.82) is 0 Å². The van der Waals surface area contributed by atoms with Gasteiger partial charge in [0.05, 0.1) is 0 Å². The lowest BCUT2D eigenvalue weighted by molar-refractivity contribution is -0.132. The number of carboxylic acid groups (broad SMARTS) is 1. The maximum atomic E-state index is 9.83. The van der Waals surface area contributed by atoms with Crippen LogP contribution >= 0.6 is 0 Å². The second-order valence-corrected chi connectivity index (χ2v) is 4.81. The summed E-state index contributed by atoms with van der Waals surface area (Å²) in [6.45, 7) is 5.03. The summed E-state index contributed by atoms with van der Waals surface area (Å²) in [7, 11) is 0. The first kappa shape index (κ1) is 14.8. The molecule has 106 valence electrons. The quantitative estimate of drug-likeness (QED) is 0.527. The molecule has 0 atom stereocenters. The molecule has 21 heavy (non-hydrogen) atoms. The van der Waals surface area contributed by atoms with Crippen molar-refractivity contribution < 1.29 is 9.90 Å². The summed E-state index contributed by atoms with van der Waals surface area (Å²) >= 11 is 0. The van der Waals surface area contributed by atoms with E-state index in [1.54, 1.807) is 6.92 Å². The van der Waals surface area contributed by atoms with Crippen LogP contribution in [0, 0.1) is 0 Å². The molecule has 0 saturated carbocycles. The fourth-order valence-corrected chi connectivity index (χ4v) is 2.03. The van der Waals surface area contributed by atoms with E-state index in [4.69, 9.17) is 5.11 Å². The number of fused-ring (bicyclic) bond motifs is 2. The summed E-state index contributed by atoms with van der Waals surface area (Å²) < 4.78 is 0. The van der Waals surface area contributed by atoms with Crippen LogP contribution in [0.2, 0.25) is 0 Å². The van der Waals surface area contributed by atoms with Gasteiger partial charge >= 0.3 is 5.97 Å². The van der Waals surface area contributed by atoms with Crippen molar-refractivity contribution >= 4 is 27.5 Å². The summed E-state index contributed by atoms with van der Waals surface area (Å²) in [4.78, 5) is 9.83. The number of rotatable bonds is 2. The minimum Gasteiger partial charge on any atom is -0.478 e. The highest BCUT2D eigenvalue weighted by Gasteiger charge is 1.96. The van der Waals surface area contributed by atoms with Gasteiger partial charge < -0.3 is 5.11 Å². The van der Waals surface area contributed by atoms with E-state index in [0.717, 1.165) is 0 Å². The normalized spacial score (nSPS) is 9.95. The Balaban J connectivity index is 0.000000199. The summed E-state index contributed by atoms with van der Waals surface area (Å²) in [5, 5.41) is 13.3. The molecular formula is C19H18O2. The zero-order valence-electron chi connectivity index (χ0n) is 12.0. The van der Waals surface area contributed by atoms with Crippen LogP contribution in [0.15, 0.2) is 72.8 Å². The summed E-state index contributed by atoms with van der Waals surface area (Å²) in [5.74, 6) is -0.900. The van der Waals surface area contributed by atoms with E-state index in [1.807, 2.05) is 0 Å². The number of hydrogen-bond acceptors (Lipinski definition) is 1. The lowest BCUT2D eigenvalue weighted by atomic mass is 10.0. The van der Waals surface area contributed by atoms with Gasteiger partial charge in [0.1, 0.15) is 0 Å². The fraction of sp³-hybridized carbons (Fsp3) is 0.105. The maximum Gasteiger partial charge on any atom is 0.330 e. The lowest BCUT2D eigenvalue weighted by Gasteiger charge is -2.00. The molecule has 0 aliphatic heterocycles. The van der Waals surface area contributed by atoms with Crippen molar-refractivity contribution in [2.75, 3.05) is 0 Å². The predicted octanol–water partition coefficient (Wildman–Crippen LogP) is 5.03. The maximum absolute atomic E-state index is 9.83. The summed E-state index contributed by atoms with van der Waals surface area (Å²) in [5.41, 5.74) is 0.264. The fourth-order valence-electron chi connectivity index (χ4n) is 2.03. The average molecular weight is 278 g/mol. The Labute approximate surface area is 124 Å².